The van der Waals surface area contributed by atoms with E-state index >= 15 is 0 Å². The van der Waals surface area contributed by atoms with Gasteiger partial charge in [-0.3, -0.25) is 4.90 Å². The first-order valence-electron chi connectivity index (χ1n) is 6.97. The Labute approximate surface area is 132 Å². The Hall–Kier alpha value is -0.440. The molecule has 1 aromatic carbocycles. The topological polar surface area (TPSA) is 12.5 Å². The van der Waals surface area contributed by atoms with Crippen molar-refractivity contribution in [3.63, 3.8) is 0 Å². The Balaban J connectivity index is 2.15. The van der Waals surface area contributed by atoms with Gasteiger partial charge >= 0.3 is 0 Å². The van der Waals surface area contributed by atoms with Gasteiger partial charge in [0.2, 0.25) is 0 Å². The van der Waals surface area contributed by atoms with Crippen LogP contribution in [0, 0.1) is 0 Å². The van der Waals surface area contributed by atoms with Gasteiger partial charge in [0.05, 0.1) is 10.0 Å². The predicted molar refractivity (Wildman–Crippen MR) is 86.0 cm³/mol. The van der Waals surface area contributed by atoms with Gasteiger partial charge in [0.25, 0.3) is 0 Å². The van der Waals surface area contributed by atoms with Crippen molar-refractivity contribution in [3.8, 4) is 5.75 Å². The standard InChI is InChI=1S/C16H23Cl2NO/c1-15(2)9-12(10-16(3,4)19(15)5)20-11-6-7-13(17)14(18)8-11/h6-8,12H,9-10H2,1-5H3. The summed E-state index contributed by atoms with van der Waals surface area (Å²) in [5, 5.41) is 1.10. The molecule has 0 N–H and O–H groups in total. The lowest BCUT2D eigenvalue weighted by atomic mass is 9.79. The van der Waals surface area contributed by atoms with E-state index in [1.807, 2.05) is 6.07 Å². The highest BCUT2D eigenvalue weighted by atomic mass is 35.5. The van der Waals surface area contributed by atoms with E-state index in [1.54, 1.807) is 12.1 Å². The first-order valence-corrected chi connectivity index (χ1v) is 7.73. The van der Waals surface area contributed by atoms with Gasteiger partial charge < -0.3 is 4.74 Å². The molecule has 1 saturated heterocycles. The number of hydrogen-bond donors (Lipinski definition) is 0. The molecule has 0 radical (unpaired) electrons. The lowest BCUT2D eigenvalue weighted by Crippen LogP contribution is -2.60. The average molecular weight is 316 g/mol. The van der Waals surface area contributed by atoms with Gasteiger partial charge in [-0.2, -0.15) is 0 Å². The van der Waals surface area contributed by atoms with E-state index in [2.05, 4.69) is 39.6 Å². The van der Waals surface area contributed by atoms with Gasteiger partial charge in [0, 0.05) is 30.0 Å². The lowest BCUT2D eigenvalue weighted by molar-refractivity contribution is -0.0556. The van der Waals surface area contributed by atoms with Crippen molar-refractivity contribution in [2.75, 3.05) is 7.05 Å². The van der Waals surface area contributed by atoms with E-state index < -0.39 is 0 Å². The average Bonchev–Trinajstić information content (AvgIpc) is 2.30. The fraction of sp³-hybridized carbons (Fsp3) is 0.625. The highest BCUT2D eigenvalue weighted by Gasteiger charge is 2.43. The van der Waals surface area contributed by atoms with Crippen LogP contribution in [-0.2, 0) is 0 Å². The van der Waals surface area contributed by atoms with E-state index in [-0.39, 0.29) is 17.2 Å². The van der Waals surface area contributed by atoms with Crippen LogP contribution in [0.5, 0.6) is 5.75 Å². The van der Waals surface area contributed by atoms with Gasteiger partial charge in [0.1, 0.15) is 11.9 Å². The molecule has 1 fully saturated rings. The highest BCUT2D eigenvalue weighted by Crippen LogP contribution is 2.39. The van der Waals surface area contributed by atoms with E-state index in [1.165, 1.54) is 0 Å². The van der Waals surface area contributed by atoms with E-state index in [4.69, 9.17) is 27.9 Å². The Kier molecular flexibility index (Phi) is 4.30. The van der Waals surface area contributed by atoms with Crippen molar-refractivity contribution in [1.29, 1.82) is 0 Å². The summed E-state index contributed by atoms with van der Waals surface area (Å²) < 4.78 is 6.14. The lowest BCUT2D eigenvalue weighted by Gasteiger charge is -2.53. The van der Waals surface area contributed by atoms with Crippen LogP contribution in [-0.4, -0.2) is 29.1 Å². The van der Waals surface area contributed by atoms with Crippen LogP contribution in [0.4, 0.5) is 0 Å². The number of piperidine rings is 1. The normalized spacial score (nSPS) is 22.8. The van der Waals surface area contributed by atoms with Crippen LogP contribution < -0.4 is 4.74 Å². The van der Waals surface area contributed by atoms with Crippen molar-refractivity contribution < 1.29 is 4.74 Å². The van der Waals surface area contributed by atoms with Crippen molar-refractivity contribution in [1.82, 2.24) is 4.90 Å². The molecule has 1 aliphatic rings. The second-order valence-corrected chi connectivity index (χ2v) is 7.72. The molecule has 0 saturated carbocycles. The molecule has 0 spiro atoms. The molecule has 20 heavy (non-hydrogen) atoms. The molecule has 0 amide bonds. The Morgan fingerprint density at radius 2 is 1.60 bits per heavy atom. The van der Waals surface area contributed by atoms with E-state index in [0.717, 1.165) is 18.6 Å². The molecule has 1 aliphatic heterocycles. The summed E-state index contributed by atoms with van der Waals surface area (Å²) in [6, 6.07) is 5.46. The van der Waals surface area contributed by atoms with Gasteiger partial charge in [0.15, 0.2) is 0 Å². The molecule has 0 atom stereocenters. The summed E-state index contributed by atoms with van der Waals surface area (Å²) in [4.78, 5) is 2.44. The third kappa shape index (κ3) is 3.24. The minimum atomic E-state index is 0.114. The summed E-state index contributed by atoms with van der Waals surface area (Å²) in [5.74, 6) is 0.792. The number of hydrogen-bond acceptors (Lipinski definition) is 2. The zero-order chi connectivity index (χ0) is 15.1. The maximum Gasteiger partial charge on any atom is 0.121 e. The third-order valence-corrected chi connectivity index (χ3v) is 5.20. The van der Waals surface area contributed by atoms with Crippen LogP contribution in [0.2, 0.25) is 10.0 Å². The summed E-state index contributed by atoms with van der Waals surface area (Å²) >= 11 is 12.0. The molecule has 1 heterocycles. The van der Waals surface area contributed by atoms with Gasteiger partial charge in [-0.1, -0.05) is 23.2 Å². The van der Waals surface area contributed by atoms with Crippen LogP contribution in [0.1, 0.15) is 40.5 Å². The number of halogens is 2. The zero-order valence-electron chi connectivity index (χ0n) is 12.8. The molecule has 0 aliphatic carbocycles. The second kappa shape index (κ2) is 5.40. The summed E-state index contributed by atoms with van der Waals surface area (Å²) in [6.07, 6.45) is 2.17. The number of likely N-dealkylation sites (tertiary alicyclic amines) is 1. The predicted octanol–water partition coefficient (Wildman–Crippen LogP) is 5.02. The van der Waals surface area contributed by atoms with Gasteiger partial charge in [-0.15, -0.1) is 0 Å². The maximum absolute atomic E-state index is 6.14. The zero-order valence-corrected chi connectivity index (χ0v) is 14.3. The van der Waals surface area contributed by atoms with Crippen molar-refractivity contribution in [2.45, 2.75) is 57.7 Å². The Morgan fingerprint density at radius 1 is 1.05 bits per heavy atom. The van der Waals surface area contributed by atoms with Crippen LogP contribution >= 0.6 is 23.2 Å². The van der Waals surface area contributed by atoms with E-state index in [9.17, 15) is 0 Å². The minimum Gasteiger partial charge on any atom is -0.490 e. The second-order valence-electron chi connectivity index (χ2n) is 6.91. The number of nitrogens with zero attached hydrogens (tertiary/aromatic N) is 1. The van der Waals surface area contributed by atoms with Crippen LogP contribution in [0.25, 0.3) is 0 Å². The van der Waals surface area contributed by atoms with Crippen LogP contribution in [0.15, 0.2) is 18.2 Å². The van der Waals surface area contributed by atoms with Crippen molar-refractivity contribution in [2.24, 2.45) is 0 Å². The first-order chi connectivity index (χ1) is 9.12. The molecule has 0 unspecified atom stereocenters. The summed E-state index contributed by atoms with van der Waals surface area (Å²) in [6.45, 7) is 9.05. The SMILES string of the molecule is CN1C(C)(C)CC(Oc2ccc(Cl)c(Cl)c2)CC1(C)C. The molecule has 112 valence electrons. The molecule has 0 bridgehead atoms. The molecule has 2 rings (SSSR count). The highest BCUT2D eigenvalue weighted by molar-refractivity contribution is 6.42. The van der Waals surface area contributed by atoms with Gasteiger partial charge in [-0.05, 0) is 46.9 Å². The maximum atomic E-state index is 6.14. The molecular formula is C16H23Cl2NO. The van der Waals surface area contributed by atoms with Crippen molar-refractivity contribution in [3.05, 3.63) is 28.2 Å². The smallest absolute Gasteiger partial charge is 0.121 e. The number of benzene rings is 1. The Bertz CT molecular complexity index is 481. The first kappa shape index (κ1) is 15.9. The van der Waals surface area contributed by atoms with Crippen molar-refractivity contribution >= 4 is 23.2 Å². The molecule has 4 heteroatoms. The summed E-state index contributed by atoms with van der Waals surface area (Å²) in [7, 11) is 2.19. The fourth-order valence-corrected chi connectivity index (χ4v) is 3.39. The molecule has 1 aromatic rings. The summed E-state index contributed by atoms with van der Waals surface area (Å²) in [5.41, 5.74) is 0.227. The Morgan fingerprint density at radius 3 is 2.10 bits per heavy atom. The monoisotopic (exact) mass is 315 g/mol. The fourth-order valence-electron chi connectivity index (χ4n) is 3.11. The number of ether oxygens (including phenoxy) is 1. The third-order valence-electron chi connectivity index (χ3n) is 4.46. The number of rotatable bonds is 2. The molecule has 0 aromatic heterocycles. The quantitative estimate of drug-likeness (QED) is 0.759. The van der Waals surface area contributed by atoms with Gasteiger partial charge in [-0.25, -0.2) is 0 Å². The van der Waals surface area contributed by atoms with Crippen LogP contribution in [0.3, 0.4) is 0 Å². The molecular weight excluding hydrogens is 293 g/mol. The molecule has 2 nitrogen and oxygen atoms in total. The largest absolute Gasteiger partial charge is 0.490 e. The minimum absolute atomic E-state index is 0.114. The van der Waals surface area contributed by atoms with E-state index in [0.29, 0.717) is 10.0 Å².